The lowest BCUT2D eigenvalue weighted by Crippen LogP contribution is -2.57. The zero-order valence-corrected chi connectivity index (χ0v) is 17.4. The van der Waals surface area contributed by atoms with Crippen molar-refractivity contribution in [1.29, 1.82) is 0 Å². The molecule has 1 heterocycles. The molecule has 0 aliphatic carbocycles. The molecule has 1 aliphatic rings. The number of aliphatic carboxylic acids is 1. The average molecular weight is 399 g/mol. The second kappa shape index (κ2) is 10.4. The molecule has 1 rings (SSSR count). The maximum Gasteiger partial charge on any atom is 0.326 e. The standard InChI is InChI=1S/C19H34N4O5/c1-10(2)9-13(18(26)23-8-6-7-14(23)19(27)28)22-16(24)12(5)21-17(25)15(20)11(3)4/h10-15H,6-9,20H2,1-5H3,(H,21,25)(H,22,24)(H,27,28). The fraction of sp³-hybridized carbons (Fsp3) is 0.789. The van der Waals surface area contributed by atoms with Gasteiger partial charge in [0.1, 0.15) is 18.1 Å². The summed E-state index contributed by atoms with van der Waals surface area (Å²) in [6.45, 7) is 9.32. The molecule has 1 fully saturated rings. The fourth-order valence-electron chi connectivity index (χ4n) is 3.15. The molecule has 0 saturated carbocycles. The third kappa shape index (κ3) is 6.47. The number of likely N-dealkylation sites (tertiary alicyclic amines) is 1. The Balaban J connectivity index is 2.82. The molecule has 160 valence electrons. The second-order valence-corrected chi connectivity index (χ2v) is 8.22. The van der Waals surface area contributed by atoms with Crippen LogP contribution in [0.5, 0.6) is 0 Å². The van der Waals surface area contributed by atoms with Crippen LogP contribution >= 0.6 is 0 Å². The lowest BCUT2D eigenvalue weighted by molar-refractivity contribution is -0.149. The van der Waals surface area contributed by atoms with E-state index >= 15 is 0 Å². The fourth-order valence-corrected chi connectivity index (χ4v) is 3.15. The summed E-state index contributed by atoms with van der Waals surface area (Å²) in [5.41, 5.74) is 5.79. The van der Waals surface area contributed by atoms with E-state index in [0.29, 0.717) is 25.8 Å². The Morgan fingerprint density at radius 2 is 1.68 bits per heavy atom. The number of nitrogens with one attached hydrogen (secondary N) is 2. The highest BCUT2D eigenvalue weighted by atomic mass is 16.4. The minimum Gasteiger partial charge on any atom is -0.480 e. The third-order valence-corrected chi connectivity index (χ3v) is 4.92. The van der Waals surface area contributed by atoms with E-state index in [0.717, 1.165) is 0 Å². The third-order valence-electron chi connectivity index (χ3n) is 4.92. The maximum atomic E-state index is 12.9. The van der Waals surface area contributed by atoms with Crippen molar-refractivity contribution in [3.8, 4) is 0 Å². The minimum absolute atomic E-state index is 0.0753. The van der Waals surface area contributed by atoms with Crippen LogP contribution in [0.3, 0.4) is 0 Å². The normalized spacial score (nSPS) is 20.0. The van der Waals surface area contributed by atoms with Gasteiger partial charge in [0, 0.05) is 6.54 Å². The summed E-state index contributed by atoms with van der Waals surface area (Å²) in [4.78, 5) is 50.2. The van der Waals surface area contributed by atoms with E-state index in [2.05, 4.69) is 10.6 Å². The van der Waals surface area contributed by atoms with E-state index in [1.807, 2.05) is 13.8 Å². The summed E-state index contributed by atoms with van der Waals surface area (Å²) in [6.07, 6.45) is 1.40. The average Bonchev–Trinajstić information content (AvgIpc) is 3.08. The van der Waals surface area contributed by atoms with E-state index in [4.69, 9.17) is 5.73 Å². The number of nitrogens with zero attached hydrogens (tertiary/aromatic N) is 1. The van der Waals surface area contributed by atoms with Crippen molar-refractivity contribution in [2.45, 2.75) is 78.0 Å². The van der Waals surface area contributed by atoms with Crippen molar-refractivity contribution in [2.75, 3.05) is 6.54 Å². The van der Waals surface area contributed by atoms with Crippen LogP contribution in [0.15, 0.2) is 0 Å². The predicted molar refractivity (Wildman–Crippen MR) is 104 cm³/mol. The summed E-state index contributed by atoms with van der Waals surface area (Å²) < 4.78 is 0. The molecule has 5 N–H and O–H groups in total. The van der Waals surface area contributed by atoms with Crippen molar-refractivity contribution in [2.24, 2.45) is 17.6 Å². The van der Waals surface area contributed by atoms with Crippen LogP contribution in [0, 0.1) is 11.8 Å². The van der Waals surface area contributed by atoms with Gasteiger partial charge in [0.05, 0.1) is 6.04 Å². The molecule has 9 heteroatoms. The highest BCUT2D eigenvalue weighted by molar-refractivity contribution is 5.94. The van der Waals surface area contributed by atoms with Gasteiger partial charge in [-0.05, 0) is 38.0 Å². The molecule has 4 unspecified atom stereocenters. The van der Waals surface area contributed by atoms with Gasteiger partial charge >= 0.3 is 5.97 Å². The van der Waals surface area contributed by atoms with Gasteiger partial charge in [-0.2, -0.15) is 0 Å². The molecule has 0 radical (unpaired) electrons. The van der Waals surface area contributed by atoms with E-state index in [-0.39, 0.29) is 11.8 Å². The molecule has 9 nitrogen and oxygen atoms in total. The second-order valence-electron chi connectivity index (χ2n) is 8.22. The van der Waals surface area contributed by atoms with Crippen LogP contribution in [0.2, 0.25) is 0 Å². The Morgan fingerprint density at radius 3 is 2.18 bits per heavy atom. The highest BCUT2D eigenvalue weighted by Crippen LogP contribution is 2.20. The van der Waals surface area contributed by atoms with Gasteiger partial charge in [0.2, 0.25) is 17.7 Å². The van der Waals surface area contributed by atoms with Gasteiger partial charge in [-0.15, -0.1) is 0 Å². The van der Waals surface area contributed by atoms with Crippen LogP contribution in [0.25, 0.3) is 0 Å². The van der Waals surface area contributed by atoms with Crippen molar-refractivity contribution in [3.05, 3.63) is 0 Å². The zero-order chi connectivity index (χ0) is 21.6. The first-order valence-electron chi connectivity index (χ1n) is 9.85. The molecule has 3 amide bonds. The molecule has 0 bridgehead atoms. The number of carboxylic acids is 1. The SMILES string of the molecule is CC(C)CC(NC(=O)C(C)NC(=O)C(N)C(C)C)C(=O)N1CCCC1C(=O)O. The quantitative estimate of drug-likeness (QED) is 0.433. The van der Waals surface area contributed by atoms with Crippen molar-refractivity contribution in [3.63, 3.8) is 0 Å². The monoisotopic (exact) mass is 398 g/mol. The topological polar surface area (TPSA) is 142 Å². The van der Waals surface area contributed by atoms with Crippen molar-refractivity contribution >= 4 is 23.7 Å². The van der Waals surface area contributed by atoms with Gasteiger partial charge in [-0.1, -0.05) is 27.7 Å². The summed E-state index contributed by atoms with van der Waals surface area (Å²) >= 11 is 0. The van der Waals surface area contributed by atoms with Crippen LogP contribution in [-0.4, -0.2) is 64.4 Å². The Labute approximate surface area is 166 Å². The lowest BCUT2D eigenvalue weighted by atomic mass is 10.0. The maximum absolute atomic E-state index is 12.9. The van der Waals surface area contributed by atoms with Gasteiger partial charge in [0.25, 0.3) is 0 Å². The number of carboxylic acid groups (broad SMARTS) is 1. The van der Waals surface area contributed by atoms with Gasteiger partial charge in [-0.25, -0.2) is 4.79 Å². The number of amides is 3. The smallest absolute Gasteiger partial charge is 0.326 e. The van der Waals surface area contributed by atoms with E-state index in [1.54, 1.807) is 13.8 Å². The summed E-state index contributed by atoms with van der Waals surface area (Å²) in [5.74, 6) is -2.34. The number of carbonyl (C=O) groups excluding carboxylic acids is 3. The summed E-state index contributed by atoms with van der Waals surface area (Å²) in [7, 11) is 0. The van der Waals surface area contributed by atoms with Gasteiger partial charge in [0.15, 0.2) is 0 Å². The first kappa shape index (κ1) is 23.9. The molecule has 0 aromatic rings. The first-order chi connectivity index (χ1) is 13.0. The van der Waals surface area contributed by atoms with Crippen LogP contribution < -0.4 is 16.4 Å². The van der Waals surface area contributed by atoms with E-state index in [1.165, 1.54) is 11.8 Å². The molecule has 28 heavy (non-hydrogen) atoms. The Bertz CT molecular complexity index is 593. The summed E-state index contributed by atoms with van der Waals surface area (Å²) in [5, 5.41) is 14.6. The summed E-state index contributed by atoms with van der Waals surface area (Å²) in [6, 6.07) is -3.30. The number of hydrogen-bond donors (Lipinski definition) is 4. The predicted octanol–water partition coefficient (Wildman–Crippen LogP) is 0.0809. The largest absolute Gasteiger partial charge is 0.480 e. The molecular formula is C19H34N4O5. The van der Waals surface area contributed by atoms with E-state index < -0.39 is 47.9 Å². The molecular weight excluding hydrogens is 364 g/mol. The Kier molecular flexibility index (Phi) is 8.87. The van der Waals surface area contributed by atoms with Gasteiger partial charge < -0.3 is 26.4 Å². The molecule has 4 atom stereocenters. The minimum atomic E-state index is -1.04. The molecule has 1 aliphatic heterocycles. The molecule has 0 aromatic heterocycles. The Morgan fingerprint density at radius 1 is 1.07 bits per heavy atom. The first-order valence-corrected chi connectivity index (χ1v) is 9.85. The number of hydrogen-bond acceptors (Lipinski definition) is 5. The highest BCUT2D eigenvalue weighted by Gasteiger charge is 2.38. The molecule has 0 spiro atoms. The number of nitrogens with two attached hydrogens (primary N) is 1. The van der Waals surface area contributed by atoms with Crippen molar-refractivity contribution in [1.82, 2.24) is 15.5 Å². The Hall–Kier alpha value is -2.16. The lowest BCUT2D eigenvalue weighted by Gasteiger charge is -2.29. The van der Waals surface area contributed by atoms with Crippen LogP contribution in [-0.2, 0) is 19.2 Å². The van der Waals surface area contributed by atoms with Crippen LogP contribution in [0.1, 0.15) is 53.9 Å². The molecule has 1 saturated heterocycles. The molecule has 0 aromatic carbocycles. The van der Waals surface area contributed by atoms with Crippen molar-refractivity contribution < 1.29 is 24.3 Å². The van der Waals surface area contributed by atoms with Crippen LogP contribution in [0.4, 0.5) is 0 Å². The number of carbonyl (C=O) groups is 4. The number of rotatable bonds is 9. The van der Waals surface area contributed by atoms with E-state index in [9.17, 15) is 24.3 Å². The van der Waals surface area contributed by atoms with Gasteiger partial charge in [-0.3, -0.25) is 14.4 Å². The zero-order valence-electron chi connectivity index (χ0n) is 17.4.